The Labute approximate surface area is 307 Å². The predicted octanol–water partition coefficient (Wildman–Crippen LogP) is 11.0. The Balaban J connectivity index is 0.000000205. The second-order valence-electron chi connectivity index (χ2n) is 14.6. The summed E-state index contributed by atoms with van der Waals surface area (Å²) in [5, 5.41) is 2.13. The van der Waals surface area contributed by atoms with E-state index in [0.29, 0.717) is 5.92 Å². The molecule has 0 amide bonds. The summed E-state index contributed by atoms with van der Waals surface area (Å²) >= 11 is -1.85. The van der Waals surface area contributed by atoms with Gasteiger partial charge in [-0.25, -0.2) is 0 Å². The van der Waals surface area contributed by atoms with E-state index in [-0.39, 0.29) is 25.5 Å². The maximum atomic E-state index is 6.29. The van der Waals surface area contributed by atoms with Gasteiger partial charge in [0.1, 0.15) is 5.58 Å². The van der Waals surface area contributed by atoms with Crippen molar-refractivity contribution in [2.24, 2.45) is 0 Å². The molecule has 4 aromatic heterocycles. The van der Waals surface area contributed by atoms with Crippen LogP contribution in [-0.4, -0.2) is 28.2 Å². The van der Waals surface area contributed by atoms with E-state index in [1.807, 2.05) is 54.9 Å². The van der Waals surface area contributed by atoms with Crippen molar-refractivity contribution in [3.8, 4) is 33.6 Å². The van der Waals surface area contributed by atoms with E-state index in [0.717, 1.165) is 55.6 Å². The average molecular weight is 883 g/mol. The van der Waals surface area contributed by atoms with Gasteiger partial charge in [0.2, 0.25) is 0 Å². The summed E-state index contributed by atoms with van der Waals surface area (Å²) in [6.07, 6.45) is 7.67. The third kappa shape index (κ3) is 7.96. The zero-order valence-electron chi connectivity index (χ0n) is 29.6. The Kier molecular flexibility index (Phi) is 11.1. The number of fused-ring (bicyclic) bond motifs is 3. The number of pyridine rings is 3. The van der Waals surface area contributed by atoms with E-state index in [9.17, 15) is 0 Å². The molecule has 0 N–H and O–H groups in total. The number of hydrogen-bond donors (Lipinski definition) is 0. The summed E-state index contributed by atoms with van der Waals surface area (Å²) < 4.78 is 7.81. The third-order valence-electron chi connectivity index (χ3n) is 8.66. The van der Waals surface area contributed by atoms with Crippen molar-refractivity contribution < 1.29 is 24.5 Å². The number of furan rings is 1. The molecule has 1 radical (unpaired) electrons. The molecular weight excluding hydrogens is 839 g/mol. The van der Waals surface area contributed by atoms with Crippen LogP contribution in [0, 0.1) is 12.1 Å². The van der Waals surface area contributed by atoms with E-state index in [1.54, 1.807) is 6.20 Å². The van der Waals surface area contributed by atoms with Gasteiger partial charge in [-0.1, -0.05) is 68.1 Å². The summed E-state index contributed by atoms with van der Waals surface area (Å²) in [4.78, 5) is 13.7. The normalized spacial score (nSPS) is 11.7. The van der Waals surface area contributed by atoms with Gasteiger partial charge in [-0.05, 0) is 28.3 Å². The van der Waals surface area contributed by atoms with E-state index in [1.165, 1.54) is 15.5 Å². The van der Waals surface area contributed by atoms with Crippen molar-refractivity contribution in [1.29, 1.82) is 0 Å². The van der Waals surface area contributed by atoms with Crippen molar-refractivity contribution in [2.45, 2.75) is 63.2 Å². The van der Waals surface area contributed by atoms with Crippen LogP contribution in [0.1, 0.15) is 51.7 Å². The molecule has 0 saturated heterocycles. The number of hydrogen-bond acceptors (Lipinski definition) is 4. The molecule has 0 aliphatic heterocycles. The van der Waals surface area contributed by atoms with Gasteiger partial charge in [0.05, 0.1) is 11.8 Å². The molecule has 0 spiro atoms. The summed E-state index contributed by atoms with van der Waals surface area (Å²) in [7, 11) is 0. The van der Waals surface area contributed by atoms with Gasteiger partial charge in [0.15, 0.2) is 0 Å². The first-order chi connectivity index (χ1) is 22.9. The van der Waals surface area contributed by atoms with Gasteiger partial charge in [-0.3, -0.25) is 4.98 Å². The second kappa shape index (κ2) is 14.9. The van der Waals surface area contributed by atoms with Crippen LogP contribution < -0.4 is 4.40 Å². The van der Waals surface area contributed by atoms with Crippen LogP contribution in [-0.2, 0) is 25.5 Å². The molecule has 0 fully saturated rings. The Bertz CT molecular complexity index is 2180. The van der Waals surface area contributed by atoms with Crippen molar-refractivity contribution in [1.82, 2.24) is 15.0 Å². The maximum Gasteiger partial charge on any atom is 0 e. The first-order valence-corrected chi connectivity index (χ1v) is 24.0. The molecule has 6 heteroatoms. The number of nitrogens with zero attached hydrogens (tertiary/aromatic N) is 3. The van der Waals surface area contributed by atoms with Crippen LogP contribution in [0.4, 0.5) is 0 Å². The van der Waals surface area contributed by atoms with E-state index < -0.39 is 13.3 Å². The largest absolute Gasteiger partial charge is 0 e. The van der Waals surface area contributed by atoms with Crippen LogP contribution in [0.2, 0.25) is 17.3 Å². The molecule has 7 aromatic rings. The predicted molar refractivity (Wildman–Crippen MR) is 203 cm³/mol. The SMILES string of the molecule is CC(C)(C)c1ccnc(-c2[c-]ccc3c2oc2cncc(-c4ccccc4)c23)c1.CC(C)c1cc(-c2[c-]cccc2)nc[c]1[Ge]([CH3])([CH3])[CH3].[Ir]. The van der Waals surface area contributed by atoms with E-state index >= 15 is 0 Å². The van der Waals surface area contributed by atoms with Gasteiger partial charge >= 0.3 is 119 Å². The smallest absolute Gasteiger partial charge is 0 e. The molecule has 0 bridgehead atoms. The summed E-state index contributed by atoms with van der Waals surface area (Å²) in [5.74, 6) is 7.83. The van der Waals surface area contributed by atoms with Gasteiger partial charge in [0.25, 0.3) is 0 Å². The fraction of sp³-hybridized carbons (Fsp3) is 0.233. The fourth-order valence-corrected chi connectivity index (χ4v) is 9.55. The molecule has 0 atom stereocenters. The number of benzene rings is 3. The Hall–Kier alpha value is -3.90. The third-order valence-corrected chi connectivity index (χ3v) is 12.9. The minimum atomic E-state index is -1.85. The summed E-state index contributed by atoms with van der Waals surface area (Å²) in [6, 6.07) is 35.4. The standard InChI is InChI=1S/C26H21N2O.C17H22GeN.Ir/c1-26(2,3)18-12-13-28-22(14-18)19-10-7-11-20-24-21(17-8-5-4-6-9-17)15-27-16-23(24)29-25(19)20;1-13(2)15-11-17(14-9-7-6-8-10-14)19-12-16(15)18(3,4)5;/h4-9,11-16H,1-3H3;6-9,11-13H,1-5H3;/q2*-1;. The monoisotopic (exact) mass is 884 g/mol. The van der Waals surface area contributed by atoms with Crippen molar-refractivity contribution in [2.75, 3.05) is 0 Å². The molecule has 0 unspecified atom stereocenters. The van der Waals surface area contributed by atoms with Crippen LogP contribution in [0.15, 0.2) is 114 Å². The molecule has 4 heterocycles. The van der Waals surface area contributed by atoms with Gasteiger partial charge in [0, 0.05) is 43.4 Å². The minimum absolute atomic E-state index is 0. The summed E-state index contributed by atoms with van der Waals surface area (Å²) in [6.45, 7) is 11.1. The molecule has 0 aliphatic rings. The zero-order valence-corrected chi connectivity index (χ0v) is 34.0. The molecule has 0 aliphatic carbocycles. The topological polar surface area (TPSA) is 51.8 Å². The molecule has 0 saturated carbocycles. The maximum absolute atomic E-state index is 6.29. The van der Waals surface area contributed by atoms with Crippen LogP contribution in [0.25, 0.3) is 55.6 Å². The molecule has 3 aromatic carbocycles. The van der Waals surface area contributed by atoms with E-state index in [2.05, 4.69) is 128 Å². The number of aromatic nitrogens is 3. The van der Waals surface area contributed by atoms with E-state index in [4.69, 9.17) is 4.42 Å². The van der Waals surface area contributed by atoms with Gasteiger partial charge < -0.3 is 9.40 Å². The average Bonchev–Trinajstić information content (AvgIpc) is 3.48. The summed E-state index contributed by atoms with van der Waals surface area (Å²) in [5.41, 5.74) is 10.4. The minimum Gasteiger partial charge on any atom is 0 e. The molecule has 251 valence electrons. The molecule has 7 rings (SSSR count). The quantitative estimate of drug-likeness (QED) is 0.128. The van der Waals surface area contributed by atoms with Gasteiger partial charge in [-0.15, -0.1) is 18.2 Å². The first-order valence-electron chi connectivity index (χ1n) is 16.6. The zero-order chi connectivity index (χ0) is 34.1. The van der Waals surface area contributed by atoms with Crippen molar-refractivity contribution in [3.63, 3.8) is 0 Å². The van der Waals surface area contributed by atoms with Crippen molar-refractivity contribution in [3.05, 3.63) is 133 Å². The Morgan fingerprint density at radius 3 is 2.20 bits per heavy atom. The fourth-order valence-electron chi connectivity index (χ4n) is 6.03. The van der Waals surface area contributed by atoms with Crippen LogP contribution >= 0.6 is 0 Å². The molecule has 4 nitrogen and oxygen atoms in total. The number of rotatable bonds is 5. The van der Waals surface area contributed by atoms with Crippen molar-refractivity contribution >= 4 is 39.6 Å². The molecular formula is C43H43GeIrN3O-2. The van der Waals surface area contributed by atoms with Crippen LogP contribution in [0.3, 0.4) is 0 Å². The first kappa shape index (κ1) is 36.4. The van der Waals surface area contributed by atoms with Crippen LogP contribution in [0.5, 0.6) is 0 Å². The Morgan fingerprint density at radius 2 is 1.53 bits per heavy atom. The van der Waals surface area contributed by atoms with Gasteiger partial charge in [-0.2, -0.15) is 0 Å². The molecule has 49 heavy (non-hydrogen) atoms. The Morgan fingerprint density at radius 1 is 0.776 bits per heavy atom. The second-order valence-corrected chi connectivity index (χ2v) is 25.2.